The predicted molar refractivity (Wildman–Crippen MR) is 104 cm³/mol. The van der Waals surface area contributed by atoms with E-state index in [4.69, 9.17) is 0 Å². The summed E-state index contributed by atoms with van der Waals surface area (Å²) < 4.78 is 69.0. The Morgan fingerprint density at radius 1 is 0.933 bits per heavy atom. The van der Waals surface area contributed by atoms with E-state index in [9.17, 15) is 26.4 Å². The monoisotopic (exact) mass is 438 g/mol. The third-order valence-electron chi connectivity index (χ3n) is 5.74. The molecular weight excluding hydrogens is 417 g/mol. The van der Waals surface area contributed by atoms with Gasteiger partial charge in [0.1, 0.15) is 5.82 Å². The van der Waals surface area contributed by atoms with Crippen molar-refractivity contribution in [3.63, 3.8) is 0 Å². The molecule has 0 atom stereocenters. The van der Waals surface area contributed by atoms with Gasteiger partial charge in [-0.3, -0.25) is 4.79 Å². The molecule has 2 aromatic rings. The highest BCUT2D eigenvalue weighted by Gasteiger charge is 2.46. The quantitative estimate of drug-likeness (QED) is 0.722. The Hall–Kier alpha value is -2.39. The number of benzene rings is 2. The highest BCUT2D eigenvalue weighted by molar-refractivity contribution is 7.89. The largest absolute Gasteiger partial charge is 0.342 e. The Bertz CT molecular complexity index is 1090. The lowest BCUT2D eigenvalue weighted by molar-refractivity contribution is 0.0926. The summed E-state index contributed by atoms with van der Waals surface area (Å²) in [6.07, 6.45) is 4.32. The predicted octanol–water partition coefficient (Wildman–Crippen LogP) is 3.74. The van der Waals surface area contributed by atoms with Crippen LogP contribution in [0.4, 0.5) is 13.2 Å². The maximum Gasteiger partial charge on any atom is 0.254 e. The van der Waals surface area contributed by atoms with Gasteiger partial charge in [-0.2, -0.15) is 0 Å². The van der Waals surface area contributed by atoms with Crippen LogP contribution in [0.5, 0.6) is 0 Å². The van der Waals surface area contributed by atoms with Crippen molar-refractivity contribution in [3.05, 3.63) is 65.0 Å². The first kappa shape index (κ1) is 20.9. The maximum absolute atomic E-state index is 14.3. The number of rotatable bonds is 6. The number of halogens is 3. The molecule has 30 heavy (non-hydrogen) atoms. The minimum absolute atomic E-state index is 0.166. The Labute approximate surface area is 172 Å². The van der Waals surface area contributed by atoms with E-state index >= 15 is 0 Å². The van der Waals surface area contributed by atoms with E-state index in [-0.39, 0.29) is 10.9 Å². The average Bonchev–Trinajstić information content (AvgIpc) is 3.29. The highest BCUT2D eigenvalue weighted by Crippen LogP contribution is 2.46. The molecule has 160 valence electrons. The molecule has 2 saturated carbocycles. The average molecular weight is 438 g/mol. The van der Waals surface area contributed by atoms with Gasteiger partial charge in [0.05, 0.1) is 16.0 Å². The van der Waals surface area contributed by atoms with Crippen molar-refractivity contribution in [1.29, 1.82) is 0 Å². The Balaban J connectivity index is 1.57. The third-order valence-corrected chi connectivity index (χ3v) is 7.26. The van der Waals surface area contributed by atoms with Gasteiger partial charge >= 0.3 is 0 Å². The van der Waals surface area contributed by atoms with Gasteiger partial charge in [0, 0.05) is 6.04 Å². The number of nitrogens with one attached hydrogen (secondary N) is 2. The molecule has 1 amide bonds. The van der Waals surface area contributed by atoms with Crippen LogP contribution in [0.1, 0.15) is 54.4 Å². The van der Waals surface area contributed by atoms with Crippen molar-refractivity contribution >= 4 is 15.9 Å². The second-order valence-corrected chi connectivity index (χ2v) is 9.62. The van der Waals surface area contributed by atoms with E-state index in [2.05, 4.69) is 10.0 Å². The van der Waals surface area contributed by atoms with Crippen molar-refractivity contribution in [2.45, 2.75) is 55.0 Å². The fraction of sp³-hybridized carbons (Fsp3) is 0.381. The van der Waals surface area contributed by atoms with Gasteiger partial charge in [0.15, 0.2) is 11.6 Å². The molecular formula is C21H21F3N2O3S. The Kier molecular flexibility index (Phi) is 5.36. The van der Waals surface area contributed by atoms with Gasteiger partial charge in [-0.15, -0.1) is 0 Å². The van der Waals surface area contributed by atoms with Crippen LogP contribution in [0.15, 0.2) is 41.3 Å². The topological polar surface area (TPSA) is 75.3 Å². The van der Waals surface area contributed by atoms with Crippen LogP contribution in [0.2, 0.25) is 0 Å². The lowest BCUT2D eigenvalue weighted by Crippen LogP contribution is -2.36. The number of hydrogen-bond donors (Lipinski definition) is 2. The van der Waals surface area contributed by atoms with Gasteiger partial charge in [-0.1, -0.05) is 18.9 Å². The van der Waals surface area contributed by atoms with Crippen LogP contribution in [0, 0.1) is 17.5 Å². The Morgan fingerprint density at radius 2 is 1.60 bits per heavy atom. The molecule has 0 unspecified atom stereocenters. The lowest BCUT2D eigenvalue weighted by Gasteiger charge is -2.19. The molecule has 4 rings (SSSR count). The van der Waals surface area contributed by atoms with Crippen LogP contribution in [-0.2, 0) is 15.6 Å². The summed E-state index contributed by atoms with van der Waals surface area (Å²) >= 11 is 0. The first-order valence-corrected chi connectivity index (χ1v) is 11.3. The molecule has 0 saturated heterocycles. The van der Waals surface area contributed by atoms with Crippen LogP contribution in [0.3, 0.4) is 0 Å². The summed E-state index contributed by atoms with van der Waals surface area (Å²) in [5.74, 6) is -3.72. The fourth-order valence-electron chi connectivity index (χ4n) is 3.87. The normalized spacial score (nSPS) is 18.4. The van der Waals surface area contributed by atoms with E-state index in [1.54, 1.807) is 0 Å². The number of sulfonamides is 1. The number of carbonyl (C=O) groups excluding carboxylic acids is 1. The summed E-state index contributed by atoms with van der Waals surface area (Å²) in [5, 5.41) is 2.66. The van der Waals surface area contributed by atoms with Crippen LogP contribution in [0.25, 0.3) is 0 Å². The minimum atomic E-state index is -3.90. The fourth-order valence-corrected chi connectivity index (χ4v) is 5.20. The minimum Gasteiger partial charge on any atom is -0.342 e. The van der Waals surface area contributed by atoms with E-state index in [1.807, 2.05) is 0 Å². The molecule has 2 fully saturated rings. The molecule has 9 heteroatoms. The first-order valence-electron chi connectivity index (χ1n) is 9.80. The summed E-state index contributed by atoms with van der Waals surface area (Å²) in [5.41, 5.74) is -0.963. The van der Waals surface area contributed by atoms with Crippen molar-refractivity contribution in [1.82, 2.24) is 10.0 Å². The van der Waals surface area contributed by atoms with Crippen molar-refractivity contribution in [2.75, 3.05) is 0 Å². The number of hydrogen-bond acceptors (Lipinski definition) is 3. The third kappa shape index (κ3) is 4.09. The maximum atomic E-state index is 14.3. The SMILES string of the molecule is O=C(NC1(c2ccc(F)c(F)c2)CC1)c1cc(S(=O)(=O)NC2CCCC2)ccc1F. The molecule has 2 aliphatic carbocycles. The van der Waals surface area contributed by atoms with Crippen LogP contribution < -0.4 is 10.0 Å². The molecule has 0 aromatic heterocycles. The zero-order chi connectivity index (χ0) is 21.5. The molecule has 2 N–H and O–H groups in total. The van der Waals surface area contributed by atoms with Crippen molar-refractivity contribution in [2.24, 2.45) is 0 Å². The number of amides is 1. The summed E-state index contributed by atoms with van der Waals surface area (Å²) in [6, 6.07) is 6.24. The van der Waals surface area contributed by atoms with E-state index in [1.165, 1.54) is 6.07 Å². The smallest absolute Gasteiger partial charge is 0.254 e. The summed E-state index contributed by atoms with van der Waals surface area (Å²) in [7, 11) is -3.90. The molecule has 2 aromatic carbocycles. The molecule has 0 radical (unpaired) electrons. The van der Waals surface area contributed by atoms with Gasteiger partial charge in [-0.25, -0.2) is 26.3 Å². The zero-order valence-corrected chi connectivity index (χ0v) is 16.9. The van der Waals surface area contributed by atoms with E-state index in [0.29, 0.717) is 18.4 Å². The number of carbonyl (C=O) groups is 1. The van der Waals surface area contributed by atoms with Gasteiger partial charge in [0.2, 0.25) is 10.0 Å². The zero-order valence-electron chi connectivity index (χ0n) is 16.1. The lowest BCUT2D eigenvalue weighted by atomic mass is 10.0. The van der Waals surface area contributed by atoms with Gasteiger partial charge in [-0.05, 0) is 61.6 Å². The van der Waals surface area contributed by atoms with Gasteiger partial charge < -0.3 is 5.32 Å². The molecule has 2 aliphatic rings. The van der Waals surface area contributed by atoms with Gasteiger partial charge in [0.25, 0.3) is 5.91 Å². The molecule has 0 aliphatic heterocycles. The second-order valence-electron chi connectivity index (χ2n) is 7.91. The van der Waals surface area contributed by atoms with E-state index < -0.39 is 44.5 Å². The van der Waals surface area contributed by atoms with E-state index in [0.717, 1.165) is 56.0 Å². The summed E-state index contributed by atoms with van der Waals surface area (Å²) in [4.78, 5) is 12.5. The Morgan fingerprint density at radius 3 is 2.23 bits per heavy atom. The molecule has 0 spiro atoms. The van der Waals surface area contributed by atoms with Crippen LogP contribution in [-0.4, -0.2) is 20.4 Å². The molecule has 5 nitrogen and oxygen atoms in total. The first-order chi connectivity index (χ1) is 14.2. The van der Waals surface area contributed by atoms with Crippen molar-refractivity contribution in [3.8, 4) is 0 Å². The standard InChI is InChI=1S/C21H21F3N2O3S/c22-17-8-6-15(30(28,29)26-14-3-1-2-4-14)12-16(17)20(27)25-21(9-10-21)13-5-7-18(23)19(24)11-13/h5-8,11-12,14,26H,1-4,9-10H2,(H,25,27). The van der Waals surface area contributed by atoms with Crippen molar-refractivity contribution < 1.29 is 26.4 Å². The molecule has 0 heterocycles. The highest BCUT2D eigenvalue weighted by atomic mass is 32.2. The second kappa shape index (κ2) is 7.70. The summed E-state index contributed by atoms with van der Waals surface area (Å²) in [6.45, 7) is 0. The molecule has 0 bridgehead atoms. The van der Waals surface area contributed by atoms with Crippen LogP contribution >= 0.6 is 0 Å².